The van der Waals surface area contributed by atoms with Crippen LogP contribution in [0.15, 0.2) is 0 Å². The molecule has 0 aliphatic heterocycles. The number of imide groups is 2. The molecule has 0 radical (unpaired) electrons. The van der Waals surface area contributed by atoms with E-state index >= 15 is 0 Å². The van der Waals surface area contributed by atoms with E-state index in [9.17, 15) is 39.0 Å². The predicted molar refractivity (Wildman–Crippen MR) is 110 cm³/mol. The van der Waals surface area contributed by atoms with Gasteiger partial charge in [-0.3, -0.25) is 29.0 Å². The zero-order valence-electron chi connectivity index (χ0n) is 19.8. The SMILES string of the molecule is CC(=O)N(C(C)=O)[C@@H](CCCCN)C(=O)[O-].CC(=O)N(C(C)=O)[C@@H](CCCCN)C(=O)[O-].[Zn+2]. The first kappa shape index (κ1) is 35.4. The van der Waals surface area contributed by atoms with Crippen LogP contribution in [-0.4, -0.2) is 70.5 Å². The van der Waals surface area contributed by atoms with Crippen LogP contribution in [-0.2, 0) is 48.2 Å². The first-order valence-electron chi connectivity index (χ1n) is 10.3. The number of aliphatic carboxylic acids is 2. The van der Waals surface area contributed by atoms with E-state index in [0.717, 1.165) is 27.7 Å². The fourth-order valence-electron chi connectivity index (χ4n) is 2.99. The molecular formula is C20H34N4O8Zn. The fourth-order valence-corrected chi connectivity index (χ4v) is 2.99. The summed E-state index contributed by atoms with van der Waals surface area (Å²) in [4.78, 5) is 67.8. The normalized spacial score (nSPS) is 11.6. The number of carbonyl (C=O) groups excluding carboxylic acids is 6. The molecular weight excluding hydrogens is 490 g/mol. The maximum atomic E-state index is 11.2. The van der Waals surface area contributed by atoms with E-state index in [1.165, 1.54) is 0 Å². The molecule has 4 N–H and O–H groups in total. The molecule has 0 aromatic rings. The van der Waals surface area contributed by atoms with Crippen molar-refractivity contribution in [3.05, 3.63) is 0 Å². The van der Waals surface area contributed by atoms with Crippen molar-refractivity contribution in [2.45, 2.75) is 78.3 Å². The number of unbranched alkanes of at least 4 members (excludes halogenated alkanes) is 2. The van der Waals surface area contributed by atoms with Crippen LogP contribution in [0, 0.1) is 0 Å². The van der Waals surface area contributed by atoms with Gasteiger partial charge in [-0.2, -0.15) is 0 Å². The summed E-state index contributed by atoms with van der Waals surface area (Å²) in [5.41, 5.74) is 10.6. The number of amides is 4. The molecule has 0 unspecified atom stereocenters. The summed E-state index contributed by atoms with van der Waals surface area (Å²) >= 11 is 0. The van der Waals surface area contributed by atoms with Crippen LogP contribution < -0.4 is 21.7 Å². The molecule has 0 aromatic carbocycles. The molecule has 0 fully saturated rings. The first-order chi connectivity index (χ1) is 14.8. The Kier molecular flexibility index (Phi) is 20.6. The average molecular weight is 524 g/mol. The summed E-state index contributed by atoms with van der Waals surface area (Å²) < 4.78 is 0. The Morgan fingerprint density at radius 3 is 1.00 bits per heavy atom. The van der Waals surface area contributed by atoms with E-state index in [1.54, 1.807) is 0 Å². The van der Waals surface area contributed by atoms with Crippen LogP contribution >= 0.6 is 0 Å². The van der Waals surface area contributed by atoms with Crippen molar-refractivity contribution in [1.29, 1.82) is 0 Å². The molecule has 0 rings (SSSR count). The molecule has 0 spiro atoms. The van der Waals surface area contributed by atoms with E-state index < -0.39 is 47.7 Å². The Labute approximate surface area is 206 Å². The summed E-state index contributed by atoms with van der Waals surface area (Å²) in [7, 11) is 0. The number of rotatable bonds is 12. The third-order valence-corrected chi connectivity index (χ3v) is 4.39. The quantitative estimate of drug-likeness (QED) is 0.199. The fraction of sp³-hybridized carbons (Fsp3) is 0.700. The molecule has 0 saturated heterocycles. The maximum Gasteiger partial charge on any atom is 2.00 e. The molecule has 12 nitrogen and oxygen atoms in total. The van der Waals surface area contributed by atoms with Crippen molar-refractivity contribution >= 4 is 35.6 Å². The van der Waals surface area contributed by atoms with Gasteiger partial charge in [0.15, 0.2) is 0 Å². The van der Waals surface area contributed by atoms with Crippen molar-refractivity contribution in [2.24, 2.45) is 11.5 Å². The summed E-state index contributed by atoms with van der Waals surface area (Å²) in [6.07, 6.45) is 2.72. The average Bonchev–Trinajstić information content (AvgIpc) is 2.65. The van der Waals surface area contributed by atoms with Gasteiger partial charge in [-0.15, -0.1) is 0 Å². The Morgan fingerprint density at radius 1 is 0.606 bits per heavy atom. The Bertz CT molecular complexity index is 590. The van der Waals surface area contributed by atoms with Gasteiger partial charge >= 0.3 is 19.5 Å². The predicted octanol–water partition coefficient (Wildman–Crippen LogP) is -2.74. The Balaban J connectivity index is -0.000000529. The third kappa shape index (κ3) is 14.5. The van der Waals surface area contributed by atoms with Gasteiger partial charge in [0, 0.05) is 27.7 Å². The monoisotopic (exact) mass is 522 g/mol. The zero-order chi connectivity index (χ0) is 25.4. The van der Waals surface area contributed by atoms with Crippen molar-refractivity contribution in [2.75, 3.05) is 13.1 Å². The minimum atomic E-state index is -1.41. The van der Waals surface area contributed by atoms with E-state index in [1.807, 2.05) is 0 Å². The van der Waals surface area contributed by atoms with E-state index in [0.29, 0.717) is 48.6 Å². The maximum absolute atomic E-state index is 11.2. The topological polar surface area (TPSA) is 207 Å². The van der Waals surface area contributed by atoms with Gasteiger partial charge in [0.25, 0.3) is 0 Å². The molecule has 2 atom stereocenters. The number of carboxylic acids is 2. The molecule has 0 bridgehead atoms. The van der Waals surface area contributed by atoms with Gasteiger partial charge in [-0.25, -0.2) is 0 Å². The van der Waals surface area contributed by atoms with E-state index in [2.05, 4.69) is 0 Å². The van der Waals surface area contributed by atoms with Gasteiger partial charge in [-0.05, 0) is 51.6 Å². The Hall–Kier alpha value is -2.24. The number of hydrogen-bond donors (Lipinski definition) is 2. The van der Waals surface area contributed by atoms with Crippen molar-refractivity contribution < 1.29 is 58.5 Å². The first-order valence-corrected chi connectivity index (χ1v) is 10.3. The molecule has 0 saturated carbocycles. The minimum Gasteiger partial charge on any atom is -0.548 e. The molecule has 0 aliphatic carbocycles. The molecule has 13 heteroatoms. The van der Waals surface area contributed by atoms with Crippen LogP contribution in [0.1, 0.15) is 66.2 Å². The van der Waals surface area contributed by atoms with Gasteiger partial charge in [0.1, 0.15) is 0 Å². The van der Waals surface area contributed by atoms with Crippen molar-refractivity contribution in [3.63, 3.8) is 0 Å². The number of carbonyl (C=O) groups is 6. The number of nitrogens with two attached hydrogens (primary N) is 2. The van der Waals surface area contributed by atoms with Gasteiger partial charge in [0.05, 0.1) is 24.0 Å². The van der Waals surface area contributed by atoms with Crippen LogP contribution in [0.5, 0.6) is 0 Å². The third-order valence-electron chi connectivity index (χ3n) is 4.39. The van der Waals surface area contributed by atoms with Crippen molar-refractivity contribution in [3.8, 4) is 0 Å². The van der Waals surface area contributed by atoms with Gasteiger partial charge < -0.3 is 31.3 Å². The standard InChI is InChI=1S/2C10H18N2O4.Zn/c2*1-7(13)12(8(2)14)9(10(15)16)5-3-4-6-11;/h2*9H,3-6,11H2,1-2H3,(H,15,16);/q;;+2/p-2/t2*9-;/m00./s1. The molecule has 4 amide bonds. The minimum absolute atomic E-state index is 0. The number of hydrogen-bond acceptors (Lipinski definition) is 10. The summed E-state index contributed by atoms with van der Waals surface area (Å²) in [5, 5.41) is 21.7. The van der Waals surface area contributed by atoms with Crippen LogP contribution in [0.4, 0.5) is 0 Å². The van der Waals surface area contributed by atoms with Gasteiger partial charge in [0.2, 0.25) is 23.6 Å². The van der Waals surface area contributed by atoms with Crippen molar-refractivity contribution in [1.82, 2.24) is 9.80 Å². The zero-order valence-corrected chi connectivity index (χ0v) is 22.8. The van der Waals surface area contributed by atoms with E-state index in [-0.39, 0.29) is 32.3 Å². The molecule has 184 valence electrons. The van der Waals surface area contributed by atoms with E-state index in [4.69, 9.17) is 11.5 Å². The number of nitrogens with zero attached hydrogens (tertiary/aromatic N) is 2. The second kappa shape index (κ2) is 19.3. The molecule has 0 aliphatic rings. The number of carboxylic acid groups (broad SMARTS) is 2. The summed E-state index contributed by atoms with van der Waals surface area (Å²) in [6.45, 7) is 5.50. The second-order valence-electron chi connectivity index (χ2n) is 7.05. The smallest absolute Gasteiger partial charge is 0.548 e. The van der Waals surface area contributed by atoms with Crippen LogP contribution in [0.2, 0.25) is 0 Å². The van der Waals surface area contributed by atoms with Crippen LogP contribution in [0.25, 0.3) is 0 Å². The molecule has 0 heterocycles. The molecule has 0 aromatic heterocycles. The second-order valence-corrected chi connectivity index (χ2v) is 7.05. The summed E-state index contributed by atoms with van der Waals surface area (Å²) in [6, 6.07) is -2.39. The summed E-state index contributed by atoms with van der Waals surface area (Å²) in [5.74, 6) is -5.18. The largest absolute Gasteiger partial charge is 2.00 e. The van der Waals surface area contributed by atoms with Crippen LogP contribution in [0.3, 0.4) is 0 Å². The Morgan fingerprint density at radius 2 is 0.848 bits per heavy atom. The van der Waals surface area contributed by atoms with Gasteiger partial charge in [-0.1, -0.05) is 0 Å². The molecule has 33 heavy (non-hydrogen) atoms.